The van der Waals surface area contributed by atoms with Crippen molar-refractivity contribution in [2.75, 3.05) is 50.0 Å². The van der Waals surface area contributed by atoms with Crippen molar-refractivity contribution in [1.29, 1.82) is 5.26 Å². The minimum absolute atomic E-state index is 0. The van der Waals surface area contributed by atoms with Crippen LogP contribution in [-0.2, 0) is 11.3 Å². The number of morpholine rings is 1. The summed E-state index contributed by atoms with van der Waals surface area (Å²) < 4.78 is 7.31. The van der Waals surface area contributed by atoms with E-state index < -0.39 is 0 Å². The predicted octanol–water partition coefficient (Wildman–Crippen LogP) is 4.75. The molecular formula is C25H25Cl3N8O. The Kier molecular flexibility index (Phi) is 9.03. The summed E-state index contributed by atoms with van der Waals surface area (Å²) in [5, 5.41) is 21.5. The van der Waals surface area contributed by atoms with Crippen molar-refractivity contribution < 1.29 is 4.74 Å². The molecule has 0 atom stereocenters. The molecular weight excluding hydrogens is 535 g/mol. The highest BCUT2D eigenvalue weighted by atomic mass is 35.5. The minimum atomic E-state index is 0. The molecule has 1 fully saturated rings. The van der Waals surface area contributed by atoms with Crippen molar-refractivity contribution in [3.63, 3.8) is 0 Å². The third-order valence-corrected chi connectivity index (χ3v) is 6.37. The SMILES string of the molecule is Cl.N#Cc1ccc(NCCNc2nc(-c3ccc(Cl)cc3Cl)cn3nc(CN4CCOCC4)cc23)nc1. The number of hydrogen-bond donors (Lipinski definition) is 2. The molecule has 5 rings (SSSR count). The molecule has 4 heterocycles. The van der Waals surface area contributed by atoms with Gasteiger partial charge in [-0.2, -0.15) is 10.4 Å². The Bertz CT molecular complexity index is 1400. The molecule has 0 radical (unpaired) electrons. The Balaban J connectivity index is 0.00000320. The van der Waals surface area contributed by atoms with Crippen molar-refractivity contribution in [3.05, 3.63) is 70.1 Å². The number of pyridine rings is 1. The molecule has 0 amide bonds. The Morgan fingerprint density at radius 1 is 1.05 bits per heavy atom. The first-order chi connectivity index (χ1) is 17.6. The molecule has 0 bridgehead atoms. The summed E-state index contributed by atoms with van der Waals surface area (Å²) in [5.41, 5.74) is 3.83. The number of ether oxygens (including phenoxy) is 1. The molecule has 12 heteroatoms. The number of benzene rings is 1. The smallest absolute Gasteiger partial charge is 0.152 e. The van der Waals surface area contributed by atoms with E-state index in [0.717, 1.165) is 49.6 Å². The van der Waals surface area contributed by atoms with E-state index in [1.165, 1.54) is 0 Å². The van der Waals surface area contributed by atoms with Crippen LogP contribution in [0.4, 0.5) is 11.6 Å². The normalized spacial score (nSPS) is 13.6. The average Bonchev–Trinajstić information content (AvgIpc) is 3.30. The van der Waals surface area contributed by atoms with Crippen LogP contribution in [0.1, 0.15) is 11.3 Å². The monoisotopic (exact) mass is 558 g/mol. The van der Waals surface area contributed by atoms with E-state index in [0.29, 0.717) is 46.0 Å². The molecule has 1 aliphatic rings. The Labute approximate surface area is 230 Å². The number of anilines is 2. The van der Waals surface area contributed by atoms with Gasteiger partial charge in [-0.05, 0) is 36.4 Å². The van der Waals surface area contributed by atoms with Crippen LogP contribution in [0.15, 0.2) is 48.8 Å². The van der Waals surface area contributed by atoms with Gasteiger partial charge >= 0.3 is 0 Å². The molecule has 0 unspecified atom stereocenters. The van der Waals surface area contributed by atoms with E-state index >= 15 is 0 Å². The molecule has 0 saturated carbocycles. The topological polar surface area (TPSA) is 103 Å². The lowest BCUT2D eigenvalue weighted by atomic mass is 10.1. The van der Waals surface area contributed by atoms with E-state index in [2.05, 4.69) is 32.7 Å². The summed E-state index contributed by atoms with van der Waals surface area (Å²) in [7, 11) is 0. The maximum absolute atomic E-state index is 8.93. The molecule has 2 N–H and O–H groups in total. The van der Waals surface area contributed by atoms with Crippen LogP contribution in [0, 0.1) is 11.3 Å². The summed E-state index contributed by atoms with van der Waals surface area (Å²) in [4.78, 5) is 11.5. The highest BCUT2D eigenvalue weighted by molar-refractivity contribution is 6.36. The third kappa shape index (κ3) is 6.60. The molecule has 4 aromatic rings. The van der Waals surface area contributed by atoms with Gasteiger partial charge in [-0.1, -0.05) is 23.2 Å². The first kappa shape index (κ1) is 26.9. The first-order valence-electron chi connectivity index (χ1n) is 11.6. The average molecular weight is 560 g/mol. The summed E-state index contributed by atoms with van der Waals surface area (Å²) in [5.74, 6) is 1.40. The largest absolute Gasteiger partial charge is 0.379 e. The van der Waals surface area contributed by atoms with E-state index in [4.69, 9.17) is 43.3 Å². The quantitative estimate of drug-likeness (QED) is 0.298. The lowest BCUT2D eigenvalue weighted by molar-refractivity contribution is 0.0336. The molecule has 3 aromatic heterocycles. The van der Waals surface area contributed by atoms with Gasteiger partial charge in [0.2, 0.25) is 0 Å². The van der Waals surface area contributed by atoms with Crippen LogP contribution < -0.4 is 10.6 Å². The fraction of sp³-hybridized carbons (Fsp3) is 0.280. The fourth-order valence-corrected chi connectivity index (χ4v) is 4.51. The van der Waals surface area contributed by atoms with Gasteiger partial charge < -0.3 is 15.4 Å². The molecule has 37 heavy (non-hydrogen) atoms. The predicted molar refractivity (Wildman–Crippen MR) is 148 cm³/mol. The Morgan fingerprint density at radius 2 is 1.86 bits per heavy atom. The summed E-state index contributed by atoms with van der Waals surface area (Å²) in [6.45, 7) is 5.19. The number of fused-ring (bicyclic) bond motifs is 1. The van der Waals surface area contributed by atoms with Gasteiger partial charge in [0.1, 0.15) is 17.4 Å². The molecule has 9 nitrogen and oxygen atoms in total. The van der Waals surface area contributed by atoms with Crippen LogP contribution in [-0.4, -0.2) is 63.9 Å². The number of hydrogen-bond acceptors (Lipinski definition) is 8. The molecule has 192 valence electrons. The number of halogens is 3. The highest BCUT2D eigenvalue weighted by Crippen LogP contribution is 2.31. The molecule has 0 spiro atoms. The second kappa shape index (κ2) is 12.4. The van der Waals surface area contributed by atoms with Crippen LogP contribution in [0.25, 0.3) is 16.8 Å². The number of aromatic nitrogens is 4. The standard InChI is InChI=1S/C25H24Cl2N8O.ClH/c26-18-2-3-20(21(27)11-18)22-16-35-23(12-19(33-35)15-34-7-9-36-10-8-34)25(32-22)30-6-5-29-24-4-1-17(13-28)14-31-24;/h1-4,11-12,14,16H,5-10,15H2,(H,29,31)(H,30,32);1H. The third-order valence-electron chi connectivity index (χ3n) is 5.82. The summed E-state index contributed by atoms with van der Waals surface area (Å²) in [6.07, 6.45) is 3.43. The van der Waals surface area contributed by atoms with Gasteiger partial charge in [-0.25, -0.2) is 14.5 Å². The summed E-state index contributed by atoms with van der Waals surface area (Å²) in [6, 6.07) is 13.0. The number of nitriles is 1. The lowest BCUT2D eigenvalue weighted by Gasteiger charge is -2.25. The second-order valence-electron chi connectivity index (χ2n) is 8.35. The van der Waals surface area contributed by atoms with Crippen LogP contribution in [0.2, 0.25) is 10.0 Å². The molecule has 0 aliphatic carbocycles. The lowest BCUT2D eigenvalue weighted by Crippen LogP contribution is -2.35. The van der Waals surface area contributed by atoms with Gasteiger partial charge in [0.05, 0.1) is 41.4 Å². The summed E-state index contributed by atoms with van der Waals surface area (Å²) >= 11 is 12.6. The second-order valence-corrected chi connectivity index (χ2v) is 9.19. The van der Waals surface area contributed by atoms with Crippen molar-refractivity contribution in [2.45, 2.75) is 6.54 Å². The van der Waals surface area contributed by atoms with E-state index in [9.17, 15) is 0 Å². The number of rotatable bonds is 8. The van der Waals surface area contributed by atoms with Crippen molar-refractivity contribution in [3.8, 4) is 17.3 Å². The van der Waals surface area contributed by atoms with E-state index in [-0.39, 0.29) is 12.4 Å². The van der Waals surface area contributed by atoms with E-state index in [1.807, 2.05) is 16.8 Å². The van der Waals surface area contributed by atoms with Crippen LogP contribution in [0.5, 0.6) is 0 Å². The van der Waals surface area contributed by atoms with Gasteiger partial charge in [0, 0.05) is 49.5 Å². The van der Waals surface area contributed by atoms with Gasteiger partial charge in [0.25, 0.3) is 0 Å². The zero-order valence-electron chi connectivity index (χ0n) is 19.8. The van der Waals surface area contributed by atoms with E-state index in [1.54, 1.807) is 30.5 Å². The Morgan fingerprint density at radius 3 is 2.59 bits per heavy atom. The van der Waals surface area contributed by atoms with Gasteiger partial charge in [-0.15, -0.1) is 12.4 Å². The fourth-order valence-electron chi connectivity index (χ4n) is 4.00. The first-order valence-corrected chi connectivity index (χ1v) is 12.3. The van der Waals surface area contributed by atoms with Crippen LogP contribution >= 0.6 is 35.6 Å². The maximum Gasteiger partial charge on any atom is 0.152 e. The zero-order valence-corrected chi connectivity index (χ0v) is 22.2. The van der Waals surface area contributed by atoms with Gasteiger partial charge in [-0.3, -0.25) is 4.90 Å². The Hall–Kier alpha value is -3.13. The maximum atomic E-state index is 8.93. The minimum Gasteiger partial charge on any atom is -0.379 e. The highest BCUT2D eigenvalue weighted by Gasteiger charge is 2.16. The van der Waals surface area contributed by atoms with Crippen molar-refractivity contribution >= 4 is 52.8 Å². The molecule has 1 aromatic carbocycles. The van der Waals surface area contributed by atoms with Crippen molar-refractivity contribution in [2.24, 2.45) is 0 Å². The van der Waals surface area contributed by atoms with Crippen LogP contribution in [0.3, 0.4) is 0 Å². The molecule has 1 saturated heterocycles. The number of nitrogens with one attached hydrogen (secondary N) is 2. The molecule has 1 aliphatic heterocycles. The van der Waals surface area contributed by atoms with Crippen molar-refractivity contribution in [1.82, 2.24) is 24.5 Å². The van der Waals surface area contributed by atoms with Gasteiger partial charge in [0.15, 0.2) is 5.82 Å². The zero-order chi connectivity index (χ0) is 24.9. The number of nitrogens with zero attached hydrogens (tertiary/aromatic N) is 6.